The Labute approximate surface area is 67.6 Å². The molecule has 56 valence electrons. The van der Waals surface area contributed by atoms with E-state index in [1.165, 1.54) is 19.3 Å². The molecule has 0 spiro atoms. The van der Waals surface area contributed by atoms with Gasteiger partial charge < -0.3 is 0 Å². The van der Waals surface area contributed by atoms with E-state index in [-0.39, 0.29) is 0 Å². The minimum absolute atomic E-state index is 0.806. The Morgan fingerprint density at radius 3 is 2.90 bits per heavy atom. The lowest BCUT2D eigenvalue weighted by molar-refractivity contribution is 0.783. The molecule has 1 aliphatic carbocycles. The van der Waals surface area contributed by atoms with Gasteiger partial charge >= 0.3 is 0 Å². The van der Waals surface area contributed by atoms with Crippen molar-refractivity contribution in [2.24, 2.45) is 0 Å². The number of alkyl halides is 1. The predicted octanol–water partition coefficient (Wildman–Crippen LogP) is 3.28. The summed E-state index contributed by atoms with van der Waals surface area (Å²) >= 11 is 5.55. The maximum atomic E-state index is 5.55. The fraction of sp³-hybridized carbons (Fsp3) is 0.556. The Bertz CT molecular complexity index is 145. The Morgan fingerprint density at radius 1 is 1.40 bits per heavy atom. The molecule has 0 aromatic rings. The van der Waals surface area contributed by atoms with E-state index in [1.54, 1.807) is 5.57 Å². The zero-order valence-electron chi connectivity index (χ0n) is 6.15. The van der Waals surface area contributed by atoms with Crippen molar-refractivity contribution in [2.45, 2.75) is 25.7 Å². The fourth-order valence-electron chi connectivity index (χ4n) is 1.12. The first kappa shape index (κ1) is 7.87. The Hall–Kier alpha value is -0.230. The van der Waals surface area contributed by atoms with Crippen molar-refractivity contribution in [1.29, 1.82) is 0 Å². The Morgan fingerprint density at radius 2 is 2.30 bits per heavy atom. The molecule has 0 unspecified atom stereocenters. The molecule has 1 rings (SSSR count). The lowest BCUT2D eigenvalue weighted by Gasteiger charge is -1.98. The normalized spacial score (nSPS) is 15.9. The van der Waals surface area contributed by atoms with Crippen LogP contribution < -0.4 is 0 Å². The lowest BCUT2D eigenvalue weighted by Crippen LogP contribution is -1.80. The SMILES string of the molecule is ClCCCCC1=CC=CC1. The second kappa shape index (κ2) is 4.56. The van der Waals surface area contributed by atoms with E-state index >= 15 is 0 Å². The van der Waals surface area contributed by atoms with Crippen molar-refractivity contribution >= 4 is 11.6 Å². The van der Waals surface area contributed by atoms with Crippen LogP contribution in [0.1, 0.15) is 25.7 Å². The summed E-state index contributed by atoms with van der Waals surface area (Å²) in [5.74, 6) is 0.806. The molecule has 0 N–H and O–H groups in total. The highest BCUT2D eigenvalue weighted by Crippen LogP contribution is 2.16. The molecule has 0 radical (unpaired) electrons. The van der Waals surface area contributed by atoms with Crippen LogP contribution in [-0.4, -0.2) is 5.88 Å². The van der Waals surface area contributed by atoms with E-state index in [1.807, 2.05) is 0 Å². The van der Waals surface area contributed by atoms with Gasteiger partial charge in [0.2, 0.25) is 0 Å². The van der Waals surface area contributed by atoms with E-state index in [2.05, 4.69) is 18.2 Å². The van der Waals surface area contributed by atoms with Gasteiger partial charge in [0.25, 0.3) is 0 Å². The van der Waals surface area contributed by atoms with E-state index in [4.69, 9.17) is 11.6 Å². The minimum atomic E-state index is 0.806. The van der Waals surface area contributed by atoms with Crippen molar-refractivity contribution in [3.8, 4) is 0 Å². The molecular weight excluding hydrogens is 144 g/mol. The van der Waals surface area contributed by atoms with Gasteiger partial charge in [0, 0.05) is 5.88 Å². The van der Waals surface area contributed by atoms with Gasteiger partial charge in [0.05, 0.1) is 0 Å². The van der Waals surface area contributed by atoms with Crippen LogP contribution in [0.25, 0.3) is 0 Å². The number of hydrogen-bond acceptors (Lipinski definition) is 0. The topological polar surface area (TPSA) is 0 Å². The standard InChI is InChI=1S/C9H13Cl/c10-8-4-3-7-9-5-1-2-6-9/h1-2,5H,3-4,6-8H2. The highest BCUT2D eigenvalue weighted by Gasteiger charge is 1.97. The Kier molecular flexibility index (Phi) is 3.59. The van der Waals surface area contributed by atoms with Gasteiger partial charge in [0.1, 0.15) is 0 Å². The van der Waals surface area contributed by atoms with Crippen molar-refractivity contribution in [2.75, 3.05) is 5.88 Å². The number of rotatable bonds is 4. The third-order valence-corrected chi connectivity index (χ3v) is 2.00. The smallest absolute Gasteiger partial charge is 0.0223 e. The molecule has 0 amide bonds. The second-order valence-electron chi connectivity index (χ2n) is 2.60. The van der Waals surface area contributed by atoms with Crippen LogP contribution in [-0.2, 0) is 0 Å². The van der Waals surface area contributed by atoms with Gasteiger partial charge in [-0.2, -0.15) is 0 Å². The molecule has 1 aliphatic rings. The maximum absolute atomic E-state index is 5.55. The van der Waals surface area contributed by atoms with Gasteiger partial charge in [-0.1, -0.05) is 23.8 Å². The highest BCUT2D eigenvalue weighted by atomic mass is 35.5. The van der Waals surface area contributed by atoms with Gasteiger partial charge in [-0.05, 0) is 25.7 Å². The largest absolute Gasteiger partial charge is 0.127 e. The molecule has 0 aromatic heterocycles. The number of hydrogen-bond donors (Lipinski definition) is 0. The summed E-state index contributed by atoms with van der Waals surface area (Å²) in [6, 6.07) is 0. The van der Waals surface area contributed by atoms with Gasteiger partial charge in [-0.25, -0.2) is 0 Å². The molecule has 0 heterocycles. The van der Waals surface area contributed by atoms with Crippen LogP contribution in [0.4, 0.5) is 0 Å². The number of halogens is 1. The molecule has 0 nitrogen and oxygen atoms in total. The summed E-state index contributed by atoms with van der Waals surface area (Å²) in [5.41, 5.74) is 1.56. The molecule has 0 aliphatic heterocycles. The highest BCUT2D eigenvalue weighted by molar-refractivity contribution is 6.17. The molecule has 1 heteroatoms. The summed E-state index contributed by atoms with van der Waals surface area (Å²) in [6.45, 7) is 0. The first-order chi connectivity index (χ1) is 4.93. The van der Waals surface area contributed by atoms with Crippen LogP contribution in [0.2, 0.25) is 0 Å². The summed E-state index contributed by atoms with van der Waals surface area (Å²) in [6.07, 6.45) is 11.4. The van der Waals surface area contributed by atoms with Crippen molar-refractivity contribution in [3.63, 3.8) is 0 Å². The summed E-state index contributed by atoms with van der Waals surface area (Å²) < 4.78 is 0. The zero-order chi connectivity index (χ0) is 7.23. The van der Waals surface area contributed by atoms with Crippen molar-refractivity contribution < 1.29 is 0 Å². The van der Waals surface area contributed by atoms with Gasteiger partial charge in [-0.3, -0.25) is 0 Å². The van der Waals surface area contributed by atoms with Crippen LogP contribution in [0.3, 0.4) is 0 Å². The predicted molar refractivity (Wildman–Crippen MR) is 46.4 cm³/mol. The number of allylic oxidation sites excluding steroid dienone is 4. The molecule has 0 saturated carbocycles. The van der Waals surface area contributed by atoms with Crippen LogP contribution in [0.5, 0.6) is 0 Å². The second-order valence-corrected chi connectivity index (χ2v) is 2.98. The van der Waals surface area contributed by atoms with Gasteiger partial charge in [0.15, 0.2) is 0 Å². The molecule has 0 aromatic carbocycles. The van der Waals surface area contributed by atoms with E-state index in [0.29, 0.717) is 0 Å². The molecule has 10 heavy (non-hydrogen) atoms. The summed E-state index contributed by atoms with van der Waals surface area (Å²) in [4.78, 5) is 0. The van der Waals surface area contributed by atoms with E-state index in [9.17, 15) is 0 Å². The quantitative estimate of drug-likeness (QED) is 0.433. The summed E-state index contributed by atoms with van der Waals surface area (Å²) in [7, 11) is 0. The molecule has 0 fully saturated rings. The van der Waals surface area contributed by atoms with Crippen LogP contribution >= 0.6 is 11.6 Å². The monoisotopic (exact) mass is 156 g/mol. The van der Waals surface area contributed by atoms with Crippen molar-refractivity contribution in [1.82, 2.24) is 0 Å². The maximum Gasteiger partial charge on any atom is 0.0223 e. The third kappa shape index (κ3) is 2.57. The van der Waals surface area contributed by atoms with Crippen LogP contribution in [0.15, 0.2) is 23.8 Å². The minimum Gasteiger partial charge on any atom is -0.127 e. The average molecular weight is 157 g/mol. The molecular formula is C9H13Cl. The Balaban J connectivity index is 2.04. The third-order valence-electron chi connectivity index (χ3n) is 1.73. The summed E-state index contributed by atoms with van der Waals surface area (Å²) in [5, 5.41) is 0. The first-order valence-electron chi connectivity index (χ1n) is 3.84. The van der Waals surface area contributed by atoms with E-state index in [0.717, 1.165) is 12.3 Å². The molecule has 0 saturated heterocycles. The molecule has 0 bridgehead atoms. The van der Waals surface area contributed by atoms with Crippen molar-refractivity contribution in [3.05, 3.63) is 23.8 Å². The average Bonchev–Trinajstić information content (AvgIpc) is 2.41. The first-order valence-corrected chi connectivity index (χ1v) is 4.37. The van der Waals surface area contributed by atoms with Gasteiger partial charge in [-0.15, -0.1) is 11.6 Å². The van der Waals surface area contributed by atoms with E-state index < -0.39 is 0 Å². The number of unbranched alkanes of at least 4 members (excludes halogenated alkanes) is 1. The zero-order valence-corrected chi connectivity index (χ0v) is 6.90. The lowest BCUT2D eigenvalue weighted by atomic mass is 10.1. The fourth-order valence-corrected chi connectivity index (χ4v) is 1.31. The van der Waals surface area contributed by atoms with Crippen LogP contribution in [0, 0.1) is 0 Å². The molecule has 0 atom stereocenters.